The molecular formula is C13H16O4. The number of aliphatic carboxylic acids is 1. The Morgan fingerprint density at radius 3 is 1.53 bits per heavy atom. The van der Waals surface area contributed by atoms with Gasteiger partial charge in [-0.25, -0.2) is 4.79 Å². The van der Waals surface area contributed by atoms with Gasteiger partial charge in [-0.1, -0.05) is 30.9 Å². The van der Waals surface area contributed by atoms with E-state index < -0.39 is 5.97 Å². The van der Waals surface area contributed by atoms with Gasteiger partial charge in [-0.05, 0) is 12.2 Å². The van der Waals surface area contributed by atoms with Crippen molar-refractivity contribution in [1.29, 1.82) is 0 Å². The maximum Gasteiger partial charge on any atom is 0.327 e. The lowest BCUT2D eigenvalue weighted by Crippen LogP contribution is -1.82. The second-order valence-electron chi connectivity index (χ2n) is 3.12. The first-order chi connectivity index (χ1) is 8.06. The monoisotopic (exact) mass is 236 g/mol. The molecule has 0 aromatic carbocycles. The number of carboxylic acid groups (broad SMARTS) is 1. The van der Waals surface area contributed by atoms with Crippen molar-refractivity contribution in [1.82, 2.24) is 0 Å². The summed E-state index contributed by atoms with van der Waals surface area (Å²) >= 11 is 0. The van der Waals surface area contributed by atoms with E-state index in [-0.39, 0.29) is 0 Å². The Bertz CT molecular complexity index is 345. The lowest BCUT2D eigenvalue weighted by Gasteiger charge is -1.79. The number of aliphatic hydroxyl groups is 2. The normalized spacial score (nSPS) is 14.8. The first-order valence-electron chi connectivity index (χ1n) is 5.01. The van der Waals surface area contributed by atoms with Crippen molar-refractivity contribution in [3.8, 4) is 0 Å². The summed E-state index contributed by atoms with van der Waals surface area (Å²) in [5.41, 5.74) is 0. The molecule has 0 saturated heterocycles. The van der Waals surface area contributed by atoms with Gasteiger partial charge in [-0.15, -0.1) is 0 Å². The van der Waals surface area contributed by atoms with Gasteiger partial charge in [0.25, 0.3) is 0 Å². The van der Waals surface area contributed by atoms with Gasteiger partial charge in [0.1, 0.15) is 0 Å². The molecule has 0 aromatic heterocycles. The first-order valence-corrected chi connectivity index (χ1v) is 5.01. The van der Waals surface area contributed by atoms with Crippen molar-refractivity contribution in [3.63, 3.8) is 0 Å². The third-order valence-electron chi connectivity index (χ3n) is 1.68. The summed E-state index contributed by atoms with van der Waals surface area (Å²) in [5, 5.41) is 24.7. The number of carboxylic acids is 1. The van der Waals surface area contributed by atoms with Crippen LogP contribution in [0, 0.1) is 0 Å². The zero-order valence-corrected chi connectivity index (χ0v) is 9.41. The van der Waals surface area contributed by atoms with Crippen molar-refractivity contribution in [2.24, 2.45) is 0 Å². The Morgan fingerprint density at radius 2 is 1.47 bits per heavy atom. The number of hydrogen-bond donors (Lipinski definition) is 3. The number of allylic oxidation sites excluding steroid dienone is 6. The summed E-state index contributed by atoms with van der Waals surface area (Å²) in [6.07, 6.45) is 13.2. The standard InChI is InChI=1S/2C5H6O.C3H4O2/c2*6-5-3-1-2-4-5;1-2-3(4)5/h2*1-3,6H,4H2;2H,1H2,(H,4,5). The fraction of sp³-hybridized carbons (Fsp3) is 0.154. The number of rotatable bonds is 1. The molecule has 0 amide bonds. The fourth-order valence-electron chi connectivity index (χ4n) is 0.872. The number of aliphatic hydroxyl groups excluding tert-OH is 2. The molecular weight excluding hydrogens is 220 g/mol. The number of hydrogen-bond acceptors (Lipinski definition) is 3. The summed E-state index contributed by atoms with van der Waals surface area (Å²) in [7, 11) is 0. The minimum absolute atomic E-state index is 0.468. The molecule has 92 valence electrons. The summed E-state index contributed by atoms with van der Waals surface area (Å²) in [6.45, 7) is 2.96. The van der Waals surface area contributed by atoms with Crippen LogP contribution in [0.25, 0.3) is 0 Å². The third-order valence-corrected chi connectivity index (χ3v) is 1.68. The van der Waals surface area contributed by atoms with Gasteiger partial charge in [0, 0.05) is 18.9 Å². The lowest BCUT2D eigenvalue weighted by molar-refractivity contribution is -0.131. The molecule has 0 fully saturated rings. The second-order valence-corrected chi connectivity index (χ2v) is 3.12. The van der Waals surface area contributed by atoms with E-state index in [1.54, 1.807) is 12.2 Å². The second kappa shape index (κ2) is 9.03. The average molecular weight is 236 g/mol. The maximum atomic E-state index is 9.25. The molecule has 4 heteroatoms. The third kappa shape index (κ3) is 10.1. The molecule has 4 nitrogen and oxygen atoms in total. The molecule has 17 heavy (non-hydrogen) atoms. The zero-order chi connectivity index (χ0) is 13.1. The highest BCUT2D eigenvalue weighted by molar-refractivity contribution is 5.78. The summed E-state index contributed by atoms with van der Waals surface area (Å²) < 4.78 is 0. The van der Waals surface area contributed by atoms with Gasteiger partial charge < -0.3 is 15.3 Å². The molecule has 0 atom stereocenters. The van der Waals surface area contributed by atoms with Crippen LogP contribution in [0.4, 0.5) is 0 Å². The smallest absolute Gasteiger partial charge is 0.327 e. The van der Waals surface area contributed by atoms with E-state index in [0.717, 1.165) is 18.9 Å². The van der Waals surface area contributed by atoms with E-state index >= 15 is 0 Å². The highest BCUT2D eigenvalue weighted by atomic mass is 16.4. The van der Waals surface area contributed by atoms with E-state index in [1.165, 1.54) is 0 Å². The molecule has 0 aliphatic heterocycles. The average Bonchev–Trinajstić information content (AvgIpc) is 2.93. The molecule has 0 heterocycles. The maximum absolute atomic E-state index is 9.25. The van der Waals surface area contributed by atoms with Crippen LogP contribution < -0.4 is 0 Å². The molecule has 2 rings (SSSR count). The van der Waals surface area contributed by atoms with Gasteiger partial charge in [0.2, 0.25) is 0 Å². The Kier molecular flexibility index (Phi) is 7.84. The fourth-order valence-corrected chi connectivity index (χ4v) is 0.872. The van der Waals surface area contributed by atoms with Crippen LogP contribution >= 0.6 is 0 Å². The quantitative estimate of drug-likeness (QED) is 0.611. The minimum Gasteiger partial charge on any atom is -0.512 e. The van der Waals surface area contributed by atoms with Crippen molar-refractivity contribution in [3.05, 3.63) is 60.6 Å². The van der Waals surface area contributed by atoms with Gasteiger partial charge in [-0.2, -0.15) is 0 Å². The first kappa shape index (κ1) is 14.8. The molecule has 0 aromatic rings. The van der Waals surface area contributed by atoms with E-state index in [9.17, 15) is 4.79 Å². The molecule has 0 saturated carbocycles. The Hall–Kier alpha value is -2.23. The molecule has 0 bridgehead atoms. The molecule has 0 spiro atoms. The van der Waals surface area contributed by atoms with E-state index in [4.69, 9.17) is 15.3 Å². The summed E-state index contributed by atoms with van der Waals surface area (Å²) in [5.74, 6) is -0.0463. The van der Waals surface area contributed by atoms with Crippen molar-refractivity contribution >= 4 is 5.97 Å². The molecule has 0 radical (unpaired) electrons. The van der Waals surface area contributed by atoms with Crippen LogP contribution in [0.3, 0.4) is 0 Å². The molecule has 2 aliphatic rings. The van der Waals surface area contributed by atoms with Gasteiger partial charge in [0.15, 0.2) is 0 Å². The van der Waals surface area contributed by atoms with Crippen LogP contribution in [0.15, 0.2) is 60.6 Å². The summed E-state index contributed by atoms with van der Waals surface area (Å²) in [6, 6.07) is 0. The van der Waals surface area contributed by atoms with Crippen molar-refractivity contribution in [2.45, 2.75) is 12.8 Å². The Labute approximate surface area is 100 Å². The minimum atomic E-state index is -0.981. The van der Waals surface area contributed by atoms with Crippen LogP contribution in [0.5, 0.6) is 0 Å². The van der Waals surface area contributed by atoms with Crippen molar-refractivity contribution in [2.75, 3.05) is 0 Å². The SMILES string of the molecule is C=CC(=O)O.OC1=CC=CC1.OC1=CC=CC1. The van der Waals surface area contributed by atoms with Crippen LogP contribution in [0.1, 0.15) is 12.8 Å². The highest BCUT2D eigenvalue weighted by Crippen LogP contribution is 2.04. The van der Waals surface area contributed by atoms with Gasteiger partial charge in [0.05, 0.1) is 11.5 Å². The van der Waals surface area contributed by atoms with E-state index in [0.29, 0.717) is 11.5 Å². The highest BCUT2D eigenvalue weighted by Gasteiger charge is 1.90. The van der Waals surface area contributed by atoms with Gasteiger partial charge >= 0.3 is 5.97 Å². The lowest BCUT2D eigenvalue weighted by atomic mass is 10.4. The van der Waals surface area contributed by atoms with Gasteiger partial charge in [-0.3, -0.25) is 0 Å². The van der Waals surface area contributed by atoms with Crippen LogP contribution in [-0.2, 0) is 4.79 Å². The topological polar surface area (TPSA) is 77.8 Å². The van der Waals surface area contributed by atoms with Crippen LogP contribution in [-0.4, -0.2) is 21.3 Å². The summed E-state index contributed by atoms with van der Waals surface area (Å²) in [4.78, 5) is 9.25. The van der Waals surface area contributed by atoms with E-state index in [2.05, 4.69) is 6.58 Å². The largest absolute Gasteiger partial charge is 0.512 e. The molecule has 2 aliphatic carbocycles. The van der Waals surface area contributed by atoms with Crippen molar-refractivity contribution < 1.29 is 20.1 Å². The molecule has 0 unspecified atom stereocenters. The Balaban J connectivity index is 0.000000228. The number of carbonyl (C=O) groups is 1. The molecule has 3 N–H and O–H groups in total. The Morgan fingerprint density at radius 1 is 1.12 bits per heavy atom. The zero-order valence-electron chi connectivity index (χ0n) is 9.41. The van der Waals surface area contributed by atoms with E-state index in [1.807, 2.05) is 24.3 Å². The predicted octanol–water partition coefficient (Wildman–Crippen LogP) is 3.03. The predicted molar refractivity (Wildman–Crippen MR) is 66.8 cm³/mol. The van der Waals surface area contributed by atoms with Crippen LogP contribution in [0.2, 0.25) is 0 Å².